The van der Waals surface area contributed by atoms with E-state index in [9.17, 15) is 14.4 Å². The van der Waals surface area contributed by atoms with Crippen molar-refractivity contribution in [3.63, 3.8) is 0 Å². The first kappa shape index (κ1) is 21.1. The van der Waals surface area contributed by atoms with Gasteiger partial charge in [-0.15, -0.1) is 11.3 Å². The van der Waals surface area contributed by atoms with Gasteiger partial charge >= 0.3 is 5.69 Å². The Bertz CT molecular complexity index is 1230. The molecule has 0 aliphatic heterocycles. The summed E-state index contributed by atoms with van der Waals surface area (Å²) >= 11 is 1.49. The molecular weight excluding hydrogens is 412 g/mol. The number of aryl methyl sites for hydroxylation is 1. The van der Waals surface area contributed by atoms with E-state index in [-0.39, 0.29) is 30.5 Å². The predicted molar refractivity (Wildman–Crippen MR) is 124 cm³/mol. The lowest BCUT2D eigenvalue weighted by Crippen LogP contribution is -2.41. The number of nitrogens with one attached hydrogen (secondary N) is 1. The van der Waals surface area contributed by atoms with Gasteiger partial charge in [0, 0.05) is 11.4 Å². The third-order valence-corrected chi connectivity index (χ3v) is 6.99. The lowest BCUT2D eigenvalue weighted by Gasteiger charge is -2.22. The summed E-state index contributed by atoms with van der Waals surface area (Å²) in [6.07, 6.45) is 3.07. The van der Waals surface area contributed by atoms with Gasteiger partial charge in [0.1, 0.15) is 5.82 Å². The number of hydrogen-bond donors (Lipinski definition) is 2. The van der Waals surface area contributed by atoms with Gasteiger partial charge in [0.15, 0.2) is 5.69 Å². The average molecular weight is 439 g/mol. The molecule has 2 aromatic heterocycles. The number of carbonyl (C=O) groups is 1. The number of rotatable bonds is 5. The molecule has 1 aliphatic rings. The molecule has 1 amide bonds. The van der Waals surface area contributed by atoms with Crippen molar-refractivity contribution in [1.29, 1.82) is 0 Å². The van der Waals surface area contributed by atoms with Gasteiger partial charge in [0.2, 0.25) is 0 Å². The number of amides is 1. The molecule has 0 bridgehead atoms. The molecule has 162 valence electrons. The van der Waals surface area contributed by atoms with E-state index in [2.05, 4.69) is 11.9 Å². The summed E-state index contributed by atoms with van der Waals surface area (Å²) in [5, 5.41) is 0. The number of benzene rings is 1. The second-order valence-corrected chi connectivity index (χ2v) is 9.16. The lowest BCUT2D eigenvalue weighted by atomic mass is 9.90. The number of thiophene rings is 1. The molecule has 2 heterocycles. The number of H-pyrrole nitrogens is 1. The van der Waals surface area contributed by atoms with Crippen molar-refractivity contribution >= 4 is 28.7 Å². The van der Waals surface area contributed by atoms with Crippen molar-refractivity contribution in [2.45, 2.75) is 39.7 Å². The molecular formula is C23H26N4O3S. The SMILES string of the molecule is CCN(C(=O)c1cc2c(s1)CCC(C)C2)c1c(N)n(Cc2ccccc2)c(=O)[nH]c1=O. The van der Waals surface area contributed by atoms with E-state index in [1.54, 1.807) is 6.92 Å². The first-order valence-corrected chi connectivity index (χ1v) is 11.3. The minimum Gasteiger partial charge on any atom is -0.383 e. The highest BCUT2D eigenvalue weighted by molar-refractivity contribution is 7.14. The predicted octanol–water partition coefficient (Wildman–Crippen LogP) is 3.02. The van der Waals surface area contributed by atoms with Gasteiger partial charge in [0.05, 0.1) is 11.4 Å². The number of nitrogens with zero attached hydrogens (tertiary/aromatic N) is 2. The summed E-state index contributed by atoms with van der Waals surface area (Å²) in [4.78, 5) is 44.1. The summed E-state index contributed by atoms with van der Waals surface area (Å²) in [7, 11) is 0. The van der Waals surface area contributed by atoms with Crippen molar-refractivity contribution in [2.75, 3.05) is 17.2 Å². The van der Waals surface area contributed by atoms with Crippen molar-refractivity contribution < 1.29 is 4.79 Å². The van der Waals surface area contributed by atoms with E-state index in [0.29, 0.717) is 10.8 Å². The van der Waals surface area contributed by atoms with Crippen LogP contribution in [0, 0.1) is 5.92 Å². The Morgan fingerprint density at radius 1 is 1.29 bits per heavy atom. The molecule has 4 rings (SSSR count). The second-order valence-electron chi connectivity index (χ2n) is 8.02. The van der Waals surface area contributed by atoms with Crippen molar-refractivity contribution in [3.05, 3.63) is 78.1 Å². The van der Waals surface area contributed by atoms with Crippen LogP contribution in [-0.4, -0.2) is 22.0 Å². The summed E-state index contributed by atoms with van der Waals surface area (Å²) in [6.45, 7) is 4.47. The van der Waals surface area contributed by atoms with Crippen LogP contribution in [0.1, 0.15) is 45.9 Å². The Balaban J connectivity index is 1.73. The molecule has 0 spiro atoms. The van der Waals surface area contributed by atoms with Gasteiger partial charge in [-0.25, -0.2) is 4.79 Å². The molecule has 31 heavy (non-hydrogen) atoms. The zero-order chi connectivity index (χ0) is 22.1. The average Bonchev–Trinajstić information content (AvgIpc) is 3.17. The second kappa shape index (κ2) is 8.55. The number of fused-ring (bicyclic) bond motifs is 1. The van der Waals surface area contributed by atoms with Crippen LogP contribution in [0.4, 0.5) is 11.5 Å². The smallest absolute Gasteiger partial charge is 0.330 e. The minimum atomic E-state index is -0.656. The highest BCUT2D eigenvalue weighted by Gasteiger charge is 2.27. The van der Waals surface area contributed by atoms with Gasteiger partial charge in [0.25, 0.3) is 11.5 Å². The quantitative estimate of drug-likeness (QED) is 0.639. The van der Waals surface area contributed by atoms with Gasteiger partial charge < -0.3 is 10.6 Å². The lowest BCUT2D eigenvalue weighted by molar-refractivity contribution is 0.0991. The normalized spacial score (nSPS) is 15.5. The number of aromatic amines is 1. The van der Waals surface area contributed by atoms with Crippen LogP contribution in [0.2, 0.25) is 0 Å². The first-order chi connectivity index (χ1) is 14.9. The van der Waals surface area contributed by atoms with Gasteiger partial charge in [-0.2, -0.15) is 0 Å². The van der Waals surface area contributed by atoms with Crippen LogP contribution < -0.4 is 21.9 Å². The summed E-state index contributed by atoms with van der Waals surface area (Å²) < 4.78 is 1.29. The molecule has 8 heteroatoms. The van der Waals surface area contributed by atoms with Crippen LogP contribution >= 0.6 is 11.3 Å². The zero-order valence-electron chi connectivity index (χ0n) is 17.7. The fourth-order valence-corrected chi connectivity index (χ4v) is 5.27. The van der Waals surface area contributed by atoms with Crippen LogP contribution in [0.15, 0.2) is 46.0 Å². The van der Waals surface area contributed by atoms with Crippen molar-refractivity contribution in [2.24, 2.45) is 5.92 Å². The summed E-state index contributed by atoms with van der Waals surface area (Å²) in [6, 6.07) is 11.3. The molecule has 3 aromatic rings. The van der Waals surface area contributed by atoms with Crippen LogP contribution in [0.3, 0.4) is 0 Å². The largest absolute Gasteiger partial charge is 0.383 e. The molecule has 0 radical (unpaired) electrons. The summed E-state index contributed by atoms with van der Waals surface area (Å²) in [5.41, 5.74) is 7.14. The highest BCUT2D eigenvalue weighted by atomic mass is 32.1. The Hall–Kier alpha value is -3.13. The minimum absolute atomic E-state index is 0.0113. The fourth-order valence-electron chi connectivity index (χ4n) is 4.11. The zero-order valence-corrected chi connectivity index (χ0v) is 18.5. The Morgan fingerprint density at radius 2 is 2.03 bits per heavy atom. The number of hydrogen-bond acceptors (Lipinski definition) is 5. The number of aromatic nitrogens is 2. The van der Waals surface area contributed by atoms with E-state index in [4.69, 9.17) is 5.73 Å². The molecule has 0 saturated heterocycles. The molecule has 7 nitrogen and oxygen atoms in total. The number of carbonyl (C=O) groups excluding carboxylic acids is 1. The van der Waals surface area contributed by atoms with Crippen molar-refractivity contribution in [3.8, 4) is 0 Å². The molecule has 1 unspecified atom stereocenters. The van der Waals surface area contributed by atoms with Crippen LogP contribution in [-0.2, 0) is 19.4 Å². The maximum absolute atomic E-state index is 13.4. The first-order valence-electron chi connectivity index (χ1n) is 10.5. The number of nitrogen functional groups attached to an aromatic ring is 1. The fraction of sp³-hybridized carbons (Fsp3) is 0.348. The monoisotopic (exact) mass is 438 g/mol. The number of nitrogens with two attached hydrogens (primary N) is 1. The van der Waals surface area contributed by atoms with Crippen molar-refractivity contribution in [1.82, 2.24) is 9.55 Å². The standard InChI is InChI=1S/C23H26N4O3S/c1-3-26(22(29)18-12-16-11-14(2)9-10-17(16)31-18)19-20(24)27(23(30)25-21(19)28)13-15-7-5-4-6-8-15/h4-8,12,14H,3,9-11,13,24H2,1-2H3,(H,25,28,30). The Kier molecular flexibility index (Phi) is 5.82. The molecule has 3 N–H and O–H groups in total. The van der Waals surface area contributed by atoms with Crippen LogP contribution in [0.25, 0.3) is 0 Å². The van der Waals surface area contributed by atoms with Gasteiger partial charge in [-0.3, -0.25) is 19.1 Å². The Labute approximate surface area is 184 Å². The topological polar surface area (TPSA) is 101 Å². The summed E-state index contributed by atoms with van der Waals surface area (Å²) in [5.74, 6) is 0.326. The maximum atomic E-state index is 13.4. The highest BCUT2D eigenvalue weighted by Crippen LogP contribution is 2.33. The van der Waals surface area contributed by atoms with E-state index in [1.807, 2.05) is 36.4 Å². The number of anilines is 2. The third-order valence-electron chi connectivity index (χ3n) is 5.77. The van der Waals surface area contributed by atoms with Gasteiger partial charge in [-0.05, 0) is 49.3 Å². The van der Waals surface area contributed by atoms with Crippen LogP contribution in [0.5, 0.6) is 0 Å². The van der Waals surface area contributed by atoms with E-state index in [1.165, 1.54) is 31.2 Å². The van der Waals surface area contributed by atoms with E-state index in [0.717, 1.165) is 24.8 Å². The third kappa shape index (κ3) is 4.07. The molecule has 0 saturated carbocycles. The molecule has 1 aromatic carbocycles. The van der Waals surface area contributed by atoms with E-state index < -0.39 is 11.2 Å². The van der Waals surface area contributed by atoms with Gasteiger partial charge in [-0.1, -0.05) is 37.3 Å². The molecule has 1 atom stereocenters. The maximum Gasteiger partial charge on any atom is 0.330 e. The molecule has 0 fully saturated rings. The van der Waals surface area contributed by atoms with E-state index >= 15 is 0 Å². The molecule has 1 aliphatic carbocycles. The Morgan fingerprint density at radius 3 is 2.74 bits per heavy atom.